The molecule has 3 rings (SSSR count). The van der Waals surface area contributed by atoms with Crippen molar-refractivity contribution >= 4 is 0 Å². The summed E-state index contributed by atoms with van der Waals surface area (Å²) in [5.41, 5.74) is 1.51. The number of rotatable bonds is 2. The van der Waals surface area contributed by atoms with E-state index in [-0.39, 0.29) is 17.7 Å². The van der Waals surface area contributed by atoms with Gasteiger partial charge >= 0.3 is 0 Å². The fourth-order valence-electron chi connectivity index (χ4n) is 1.94. The molecule has 1 aromatic heterocycles. The van der Waals surface area contributed by atoms with E-state index in [2.05, 4.69) is 16.2 Å². The van der Waals surface area contributed by atoms with Crippen LogP contribution in [0, 0.1) is 30.0 Å². The van der Waals surface area contributed by atoms with Crippen LogP contribution < -0.4 is 0 Å². The molecule has 2 unspecified atom stereocenters. The summed E-state index contributed by atoms with van der Waals surface area (Å²) < 4.78 is 18.3. The molecule has 0 N–H and O–H groups in total. The predicted octanol–water partition coefficient (Wildman–Crippen LogP) is 2.81. The van der Waals surface area contributed by atoms with E-state index in [1.54, 1.807) is 6.07 Å². The Morgan fingerprint density at radius 3 is 3.06 bits per heavy atom. The average Bonchev–Trinajstić information content (AvgIpc) is 3.01. The van der Waals surface area contributed by atoms with Crippen molar-refractivity contribution in [3.05, 3.63) is 35.5 Å². The molecule has 0 amide bonds. The van der Waals surface area contributed by atoms with Crippen LogP contribution >= 0.6 is 0 Å². The number of hydrogen-bond donors (Lipinski definition) is 0. The standard InChI is InChI=1S/C13H10FN3O/c1-7-2-3-9(14)5-10(7)12-16-13(18-17-12)11-4-8(11)6-15/h2-3,5,8,11H,4H2,1H3. The zero-order valence-corrected chi connectivity index (χ0v) is 9.72. The summed E-state index contributed by atoms with van der Waals surface area (Å²) in [6.07, 6.45) is 0.764. The van der Waals surface area contributed by atoms with Gasteiger partial charge in [-0.2, -0.15) is 10.2 Å². The third kappa shape index (κ3) is 1.76. The van der Waals surface area contributed by atoms with Gasteiger partial charge in [-0.3, -0.25) is 0 Å². The van der Waals surface area contributed by atoms with Crippen LogP contribution in [0.3, 0.4) is 0 Å². The fourth-order valence-corrected chi connectivity index (χ4v) is 1.94. The van der Waals surface area contributed by atoms with Gasteiger partial charge in [0.15, 0.2) is 0 Å². The van der Waals surface area contributed by atoms with Crippen LogP contribution in [0.25, 0.3) is 11.4 Å². The first-order chi connectivity index (χ1) is 8.69. The Balaban J connectivity index is 1.94. The van der Waals surface area contributed by atoms with E-state index in [4.69, 9.17) is 9.78 Å². The quantitative estimate of drug-likeness (QED) is 0.813. The fraction of sp³-hybridized carbons (Fsp3) is 0.308. The Labute approximate surface area is 103 Å². The van der Waals surface area contributed by atoms with E-state index in [9.17, 15) is 4.39 Å². The molecular weight excluding hydrogens is 233 g/mol. The number of nitriles is 1. The summed E-state index contributed by atoms with van der Waals surface area (Å²) in [5.74, 6) is 0.547. The average molecular weight is 243 g/mol. The second kappa shape index (κ2) is 3.91. The maximum absolute atomic E-state index is 13.2. The highest BCUT2D eigenvalue weighted by atomic mass is 19.1. The van der Waals surface area contributed by atoms with Gasteiger partial charge in [-0.1, -0.05) is 11.2 Å². The number of hydrogen-bond acceptors (Lipinski definition) is 4. The minimum absolute atomic E-state index is 0.0214. The van der Waals surface area contributed by atoms with Crippen molar-refractivity contribution in [2.75, 3.05) is 0 Å². The van der Waals surface area contributed by atoms with Gasteiger partial charge in [-0.25, -0.2) is 4.39 Å². The molecule has 5 heteroatoms. The number of benzene rings is 1. The Kier molecular flexibility index (Phi) is 2.37. The molecular formula is C13H10FN3O. The molecule has 18 heavy (non-hydrogen) atoms. The molecule has 1 aromatic carbocycles. The van der Waals surface area contributed by atoms with Crippen LogP contribution in [0.15, 0.2) is 22.7 Å². The molecule has 4 nitrogen and oxygen atoms in total. The first-order valence-electron chi connectivity index (χ1n) is 5.69. The number of nitrogens with zero attached hydrogens (tertiary/aromatic N) is 3. The van der Waals surface area contributed by atoms with Crippen LogP contribution in [-0.4, -0.2) is 10.1 Å². The number of aromatic nitrogens is 2. The highest BCUT2D eigenvalue weighted by molar-refractivity contribution is 5.59. The summed E-state index contributed by atoms with van der Waals surface area (Å²) in [5, 5.41) is 12.6. The van der Waals surface area contributed by atoms with Crippen molar-refractivity contribution < 1.29 is 8.91 Å². The lowest BCUT2D eigenvalue weighted by molar-refractivity contribution is 0.378. The maximum Gasteiger partial charge on any atom is 0.231 e. The maximum atomic E-state index is 13.2. The molecule has 0 spiro atoms. The van der Waals surface area contributed by atoms with Crippen LogP contribution in [0.1, 0.15) is 23.8 Å². The van der Waals surface area contributed by atoms with Crippen LogP contribution in [0.2, 0.25) is 0 Å². The molecule has 90 valence electrons. The molecule has 0 saturated heterocycles. The molecule has 0 bridgehead atoms. The van der Waals surface area contributed by atoms with E-state index >= 15 is 0 Å². The van der Waals surface area contributed by atoms with E-state index in [1.807, 2.05) is 6.92 Å². The summed E-state index contributed by atoms with van der Waals surface area (Å²) in [4.78, 5) is 4.25. The van der Waals surface area contributed by atoms with Crippen molar-refractivity contribution in [1.82, 2.24) is 10.1 Å². The van der Waals surface area contributed by atoms with Crippen molar-refractivity contribution in [3.63, 3.8) is 0 Å². The molecule has 1 fully saturated rings. The first kappa shape index (κ1) is 10.9. The Morgan fingerprint density at radius 1 is 1.50 bits per heavy atom. The Morgan fingerprint density at radius 2 is 2.33 bits per heavy atom. The summed E-state index contributed by atoms with van der Waals surface area (Å²) in [6, 6.07) is 6.63. The highest BCUT2D eigenvalue weighted by Crippen LogP contribution is 2.46. The molecule has 0 radical (unpaired) electrons. The van der Waals surface area contributed by atoms with E-state index in [1.165, 1.54) is 12.1 Å². The lowest BCUT2D eigenvalue weighted by atomic mass is 10.1. The van der Waals surface area contributed by atoms with Gasteiger partial charge in [-0.15, -0.1) is 0 Å². The van der Waals surface area contributed by atoms with Gasteiger partial charge < -0.3 is 4.52 Å². The topological polar surface area (TPSA) is 62.7 Å². The summed E-state index contributed by atoms with van der Waals surface area (Å²) in [7, 11) is 0. The van der Waals surface area contributed by atoms with Gasteiger partial charge in [-0.05, 0) is 31.0 Å². The van der Waals surface area contributed by atoms with Crippen molar-refractivity contribution in [1.29, 1.82) is 5.26 Å². The largest absolute Gasteiger partial charge is 0.339 e. The monoisotopic (exact) mass is 243 g/mol. The normalized spacial score (nSPS) is 21.6. The van der Waals surface area contributed by atoms with Gasteiger partial charge in [0.05, 0.1) is 17.9 Å². The Hall–Kier alpha value is -2.22. The van der Waals surface area contributed by atoms with Gasteiger partial charge in [0, 0.05) is 5.56 Å². The molecule has 2 atom stereocenters. The molecule has 0 aliphatic heterocycles. The minimum Gasteiger partial charge on any atom is -0.339 e. The van der Waals surface area contributed by atoms with Crippen LogP contribution in [0.5, 0.6) is 0 Å². The van der Waals surface area contributed by atoms with Crippen molar-refractivity contribution in [2.24, 2.45) is 5.92 Å². The predicted molar refractivity (Wildman–Crippen MR) is 60.9 cm³/mol. The van der Waals surface area contributed by atoms with Crippen molar-refractivity contribution in [3.8, 4) is 17.5 Å². The molecule has 1 heterocycles. The third-order valence-corrected chi connectivity index (χ3v) is 3.16. The van der Waals surface area contributed by atoms with Gasteiger partial charge in [0.25, 0.3) is 0 Å². The zero-order valence-electron chi connectivity index (χ0n) is 9.72. The van der Waals surface area contributed by atoms with Crippen LogP contribution in [0.4, 0.5) is 4.39 Å². The molecule has 1 saturated carbocycles. The molecule has 2 aromatic rings. The van der Waals surface area contributed by atoms with Gasteiger partial charge in [0.2, 0.25) is 11.7 Å². The summed E-state index contributed by atoms with van der Waals surface area (Å²) in [6.45, 7) is 1.86. The third-order valence-electron chi connectivity index (χ3n) is 3.16. The second-order valence-electron chi connectivity index (χ2n) is 4.49. The zero-order chi connectivity index (χ0) is 12.7. The lowest BCUT2D eigenvalue weighted by Crippen LogP contribution is -1.88. The molecule has 1 aliphatic carbocycles. The summed E-state index contributed by atoms with van der Waals surface area (Å²) >= 11 is 0. The number of halogens is 1. The molecule has 1 aliphatic rings. The smallest absolute Gasteiger partial charge is 0.231 e. The van der Waals surface area contributed by atoms with Crippen LogP contribution in [-0.2, 0) is 0 Å². The van der Waals surface area contributed by atoms with E-state index in [0.717, 1.165) is 12.0 Å². The number of aryl methyl sites for hydroxylation is 1. The minimum atomic E-state index is -0.330. The lowest BCUT2D eigenvalue weighted by Gasteiger charge is -1.99. The van der Waals surface area contributed by atoms with E-state index in [0.29, 0.717) is 17.3 Å². The van der Waals surface area contributed by atoms with Gasteiger partial charge in [0.1, 0.15) is 5.82 Å². The first-order valence-corrected chi connectivity index (χ1v) is 5.69. The van der Waals surface area contributed by atoms with E-state index < -0.39 is 0 Å². The van der Waals surface area contributed by atoms with Crippen molar-refractivity contribution in [2.45, 2.75) is 19.3 Å². The Bertz CT molecular complexity index is 644. The SMILES string of the molecule is Cc1ccc(F)cc1-c1noc(C2CC2C#N)n1. The second-order valence-corrected chi connectivity index (χ2v) is 4.49. The highest BCUT2D eigenvalue weighted by Gasteiger charge is 2.43.